The highest BCUT2D eigenvalue weighted by molar-refractivity contribution is 7.07. The monoisotopic (exact) mass is 344 g/mol. The smallest absolute Gasteiger partial charge is 0.196 e. The fourth-order valence-corrected chi connectivity index (χ4v) is 4.67. The Morgan fingerprint density at radius 2 is 2.12 bits per heavy atom. The molecule has 0 amide bonds. The second kappa shape index (κ2) is 6.65. The van der Waals surface area contributed by atoms with E-state index in [1.54, 1.807) is 18.3 Å². The Morgan fingerprint density at radius 1 is 1.38 bits per heavy atom. The molecule has 4 nitrogen and oxygen atoms in total. The van der Waals surface area contributed by atoms with Crippen molar-refractivity contribution in [2.24, 2.45) is 0 Å². The minimum atomic E-state index is -0.200. The summed E-state index contributed by atoms with van der Waals surface area (Å²) in [4.78, 5) is 30.3. The minimum Gasteiger partial charge on any atom is -0.355 e. The van der Waals surface area contributed by atoms with E-state index >= 15 is 0 Å². The molecule has 0 aromatic carbocycles. The van der Waals surface area contributed by atoms with Crippen LogP contribution in [0.1, 0.15) is 70.4 Å². The van der Waals surface area contributed by atoms with E-state index in [-0.39, 0.29) is 17.6 Å². The summed E-state index contributed by atoms with van der Waals surface area (Å²) in [6.45, 7) is 8.19. The van der Waals surface area contributed by atoms with Gasteiger partial charge in [0.25, 0.3) is 0 Å². The number of nitrogens with one attached hydrogen (secondary N) is 1. The molecule has 2 aromatic heterocycles. The first-order valence-corrected chi connectivity index (χ1v) is 9.38. The number of ketones is 2. The van der Waals surface area contributed by atoms with Crippen LogP contribution in [0, 0.1) is 13.8 Å². The minimum absolute atomic E-state index is 0.00488. The molecule has 128 valence electrons. The molecule has 0 radical (unpaired) electrons. The summed E-state index contributed by atoms with van der Waals surface area (Å²) in [6.07, 6.45) is 2.20. The summed E-state index contributed by atoms with van der Waals surface area (Å²) in [6, 6.07) is 2.27. The number of H-pyrrole nitrogens is 1. The molecule has 24 heavy (non-hydrogen) atoms. The highest BCUT2D eigenvalue weighted by Crippen LogP contribution is 2.35. The summed E-state index contributed by atoms with van der Waals surface area (Å²) in [7, 11) is 0. The van der Waals surface area contributed by atoms with Crippen molar-refractivity contribution in [1.82, 2.24) is 9.88 Å². The van der Waals surface area contributed by atoms with E-state index in [4.69, 9.17) is 0 Å². The van der Waals surface area contributed by atoms with Gasteiger partial charge in [-0.25, -0.2) is 0 Å². The number of hydrogen-bond acceptors (Lipinski definition) is 4. The number of aryl methyl sites for hydroxylation is 1. The first-order valence-electron chi connectivity index (χ1n) is 8.44. The van der Waals surface area contributed by atoms with E-state index < -0.39 is 0 Å². The lowest BCUT2D eigenvalue weighted by atomic mass is 10.0. The number of carbonyl (C=O) groups is 2. The van der Waals surface area contributed by atoms with Crippen molar-refractivity contribution in [3.63, 3.8) is 0 Å². The molecular formula is C19H24N2O2S. The molecule has 1 fully saturated rings. The van der Waals surface area contributed by atoms with Crippen molar-refractivity contribution in [3.8, 4) is 0 Å². The molecule has 1 saturated heterocycles. The maximum absolute atomic E-state index is 13.1. The van der Waals surface area contributed by atoms with Gasteiger partial charge in [0.2, 0.25) is 0 Å². The van der Waals surface area contributed by atoms with Crippen molar-refractivity contribution in [2.75, 3.05) is 6.54 Å². The Balaban J connectivity index is 1.87. The number of nitrogens with zero attached hydrogens (tertiary/aromatic N) is 1. The van der Waals surface area contributed by atoms with Crippen LogP contribution < -0.4 is 0 Å². The van der Waals surface area contributed by atoms with Crippen LogP contribution in [0.25, 0.3) is 0 Å². The van der Waals surface area contributed by atoms with Gasteiger partial charge in [-0.1, -0.05) is 0 Å². The van der Waals surface area contributed by atoms with E-state index in [2.05, 4.69) is 26.7 Å². The molecule has 2 unspecified atom stereocenters. The van der Waals surface area contributed by atoms with Crippen LogP contribution in [-0.4, -0.2) is 34.0 Å². The molecule has 3 rings (SSSR count). The lowest BCUT2D eigenvalue weighted by molar-refractivity contribution is 0.0815. The predicted molar refractivity (Wildman–Crippen MR) is 97.1 cm³/mol. The zero-order valence-corrected chi connectivity index (χ0v) is 15.5. The third-order valence-electron chi connectivity index (χ3n) is 5.14. The summed E-state index contributed by atoms with van der Waals surface area (Å²) >= 11 is 1.70. The van der Waals surface area contributed by atoms with Gasteiger partial charge in [-0.15, -0.1) is 0 Å². The molecule has 1 N–H and O–H groups in total. The first-order chi connectivity index (χ1) is 11.4. The molecule has 3 heterocycles. The average Bonchev–Trinajstić information content (AvgIpc) is 3.24. The number of Topliss-reactive ketones (excluding diaryl/α,β-unsaturated/α-hetero) is 2. The standard InChI is InChI=1S/C19H24N2O2S/c1-11-17(14(4)22)12(2)20-18(11)19(23)13(3)21-8-5-6-16(21)15-7-9-24-10-15/h7,9-10,13,16,20H,5-6,8H2,1-4H3. The highest BCUT2D eigenvalue weighted by atomic mass is 32.1. The van der Waals surface area contributed by atoms with E-state index in [1.165, 1.54) is 5.56 Å². The van der Waals surface area contributed by atoms with Gasteiger partial charge < -0.3 is 4.98 Å². The fourth-order valence-electron chi connectivity index (χ4n) is 3.96. The highest BCUT2D eigenvalue weighted by Gasteiger charge is 2.35. The number of aromatic nitrogens is 1. The molecular weight excluding hydrogens is 320 g/mol. The van der Waals surface area contributed by atoms with Crippen LogP contribution in [0.4, 0.5) is 0 Å². The molecule has 0 saturated carbocycles. The van der Waals surface area contributed by atoms with Gasteiger partial charge in [-0.2, -0.15) is 11.3 Å². The number of thiophene rings is 1. The van der Waals surface area contributed by atoms with Crippen molar-refractivity contribution >= 4 is 22.9 Å². The Labute approximate surface area is 146 Å². The van der Waals surface area contributed by atoms with Gasteiger partial charge in [-0.3, -0.25) is 14.5 Å². The number of aromatic amines is 1. The molecule has 5 heteroatoms. The second-order valence-corrected chi connectivity index (χ2v) is 7.45. The van der Waals surface area contributed by atoms with Crippen molar-refractivity contribution < 1.29 is 9.59 Å². The van der Waals surface area contributed by atoms with Crippen LogP contribution in [0.2, 0.25) is 0 Å². The topological polar surface area (TPSA) is 53.2 Å². The zero-order chi connectivity index (χ0) is 17.4. The van der Waals surface area contributed by atoms with Crippen LogP contribution in [0.3, 0.4) is 0 Å². The van der Waals surface area contributed by atoms with Gasteiger partial charge in [-0.05, 0) is 75.0 Å². The Kier molecular flexibility index (Phi) is 4.74. The normalized spacial score (nSPS) is 19.6. The molecule has 2 atom stereocenters. The fraction of sp³-hybridized carbons (Fsp3) is 0.474. The van der Waals surface area contributed by atoms with Crippen molar-refractivity contribution in [2.45, 2.75) is 52.6 Å². The number of rotatable bonds is 5. The predicted octanol–water partition coefficient (Wildman–Crippen LogP) is 4.30. The number of likely N-dealkylation sites (tertiary alicyclic amines) is 1. The van der Waals surface area contributed by atoms with Gasteiger partial charge in [0.05, 0.1) is 11.7 Å². The van der Waals surface area contributed by atoms with Crippen LogP contribution in [0.5, 0.6) is 0 Å². The lowest BCUT2D eigenvalue weighted by Crippen LogP contribution is -2.38. The maximum Gasteiger partial charge on any atom is 0.196 e. The molecule has 0 spiro atoms. The second-order valence-electron chi connectivity index (χ2n) is 6.67. The number of hydrogen-bond donors (Lipinski definition) is 1. The van der Waals surface area contributed by atoms with E-state index in [1.807, 2.05) is 20.8 Å². The van der Waals surface area contributed by atoms with Gasteiger partial charge in [0.15, 0.2) is 11.6 Å². The van der Waals surface area contributed by atoms with Crippen molar-refractivity contribution in [1.29, 1.82) is 0 Å². The number of carbonyl (C=O) groups excluding carboxylic acids is 2. The van der Waals surface area contributed by atoms with E-state index in [0.717, 1.165) is 30.6 Å². The average molecular weight is 344 g/mol. The lowest BCUT2D eigenvalue weighted by Gasteiger charge is -2.29. The van der Waals surface area contributed by atoms with E-state index in [9.17, 15) is 9.59 Å². The largest absolute Gasteiger partial charge is 0.355 e. The first kappa shape index (κ1) is 17.1. The van der Waals surface area contributed by atoms with E-state index in [0.29, 0.717) is 17.3 Å². The Bertz CT molecular complexity index is 761. The van der Waals surface area contributed by atoms with Crippen LogP contribution >= 0.6 is 11.3 Å². The molecule has 1 aliphatic heterocycles. The van der Waals surface area contributed by atoms with Gasteiger partial charge in [0, 0.05) is 17.3 Å². The summed E-state index contributed by atoms with van der Waals surface area (Å²) in [5, 5.41) is 4.27. The van der Waals surface area contributed by atoms with Crippen LogP contribution in [0.15, 0.2) is 16.8 Å². The molecule has 2 aromatic rings. The third-order valence-corrected chi connectivity index (χ3v) is 5.84. The summed E-state index contributed by atoms with van der Waals surface area (Å²) in [5.41, 5.74) is 4.11. The Hall–Kier alpha value is -1.72. The zero-order valence-electron chi connectivity index (χ0n) is 14.7. The third kappa shape index (κ3) is 2.87. The quantitative estimate of drug-likeness (QED) is 0.823. The molecule has 0 aliphatic carbocycles. The van der Waals surface area contributed by atoms with Gasteiger partial charge >= 0.3 is 0 Å². The maximum atomic E-state index is 13.1. The molecule has 0 bridgehead atoms. The van der Waals surface area contributed by atoms with Crippen LogP contribution in [-0.2, 0) is 0 Å². The van der Waals surface area contributed by atoms with Crippen molar-refractivity contribution in [3.05, 3.63) is 44.9 Å². The summed E-state index contributed by atoms with van der Waals surface area (Å²) < 4.78 is 0. The Morgan fingerprint density at radius 3 is 2.71 bits per heavy atom. The molecule has 1 aliphatic rings. The SMILES string of the molecule is CC(=O)c1c(C)[nH]c(C(=O)C(C)N2CCCC2c2ccsc2)c1C. The summed E-state index contributed by atoms with van der Waals surface area (Å²) in [5.74, 6) is 0.0792. The van der Waals surface area contributed by atoms with Gasteiger partial charge in [0.1, 0.15) is 0 Å².